The summed E-state index contributed by atoms with van der Waals surface area (Å²) in [5.74, 6) is 0.193. The number of hydrogen-bond acceptors (Lipinski definition) is 6. The lowest BCUT2D eigenvalue weighted by Gasteiger charge is -2.18. The smallest absolute Gasteiger partial charge is 0.180 e. The summed E-state index contributed by atoms with van der Waals surface area (Å²) in [7, 11) is -3.49. The Morgan fingerprint density at radius 3 is 2.30 bits per heavy atom. The first-order chi connectivity index (χ1) is 9.09. The molecule has 0 aliphatic rings. The number of rotatable bonds is 6. The van der Waals surface area contributed by atoms with Gasteiger partial charge in [-0.25, -0.2) is 8.42 Å². The van der Waals surface area contributed by atoms with Crippen LogP contribution in [0, 0.1) is 5.92 Å². The zero-order valence-corrected chi connectivity index (χ0v) is 14.1. The number of nitrogen functional groups attached to an aromatic ring is 1. The summed E-state index contributed by atoms with van der Waals surface area (Å²) in [5, 5.41) is 3.62. The van der Waals surface area contributed by atoms with Crippen LogP contribution in [-0.2, 0) is 9.84 Å². The fraction of sp³-hybridized carbons (Fsp3) is 0.615. The average molecular weight is 318 g/mol. The summed E-state index contributed by atoms with van der Waals surface area (Å²) in [6.45, 7) is 7.76. The van der Waals surface area contributed by atoms with E-state index in [9.17, 15) is 13.2 Å². The van der Waals surface area contributed by atoms with Gasteiger partial charge in [0.05, 0.1) is 10.6 Å². The van der Waals surface area contributed by atoms with Gasteiger partial charge < -0.3 is 11.1 Å². The molecule has 0 radical (unpaired) electrons. The van der Waals surface area contributed by atoms with E-state index in [0.717, 1.165) is 17.6 Å². The van der Waals surface area contributed by atoms with Crippen molar-refractivity contribution in [3.8, 4) is 0 Å². The molecule has 1 aromatic rings. The highest BCUT2D eigenvalue weighted by molar-refractivity contribution is 7.91. The van der Waals surface area contributed by atoms with Crippen molar-refractivity contribution in [3.05, 3.63) is 4.88 Å². The van der Waals surface area contributed by atoms with Crippen LogP contribution in [0.4, 0.5) is 10.7 Å². The summed E-state index contributed by atoms with van der Waals surface area (Å²) in [4.78, 5) is 12.2. The molecule has 0 spiro atoms. The normalized spacial score (nSPS) is 13.5. The van der Waals surface area contributed by atoms with E-state index in [2.05, 4.69) is 5.32 Å². The Kier molecular flexibility index (Phi) is 5.21. The Balaban J connectivity index is 3.39. The quantitative estimate of drug-likeness (QED) is 0.787. The molecule has 20 heavy (non-hydrogen) atoms. The highest BCUT2D eigenvalue weighted by Gasteiger charge is 2.27. The maximum Gasteiger partial charge on any atom is 0.180 e. The Morgan fingerprint density at radius 2 is 1.90 bits per heavy atom. The van der Waals surface area contributed by atoms with E-state index in [4.69, 9.17) is 5.73 Å². The van der Waals surface area contributed by atoms with E-state index in [-0.39, 0.29) is 22.4 Å². The summed E-state index contributed by atoms with van der Waals surface area (Å²) in [5.41, 5.74) is 5.96. The molecule has 7 heteroatoms. The van der Waals surface area contributed by atoms with Crippen molar-refractivity contribution in [2.75, 3.05) is 17.3 Å². The first-order valence-electron chi connectivity index (χ1n) is 6.51. The average Bonchev–Trinajstić information content (AvgIpc) is 2.64. The molecule has 3 N–H and O–H groups in total. The number of Topliss-reactive ketones (excluding diaryl/α,β-unsaturated/α-hetero) is 1. The molecule has 0 saturated carbocycles. The summed E-state index contributed by atoms with van der Waals surface area (Å²) in [6, 6.07) is 0.0816. The highest BCUT2D eigenvalue weighted by atomic mass is 32.2. The molecule has 0 aromatic carbocycles. The third-order valence-corrected chi connectivity index (χ3v) is 5.68. The number of carbonyl (C=O) groups excluding carboxylic acids is 1. The summed E-state index contributed by atoms with van der Waals surface area (Å²) < 4.78 is 23.9. The molecular formula is C13H22N2O3S2. The number of anilines is 2. The van der Waals surface area contributed by atoms with E-state index < -0.39 is 9.84 Å². The molecule has 0 aliphatic heterocycles. The van der Waals surface area contributed by atoms with Gasteiger partial charge in [-0.1, -0.05) is 20.8 Å². The van der Waals surface area contributed by atoms with E-state index in [1.807, 2.05) is 20.8 Å². The zero-order chi connectivity index (χ0) is 15.7. The van der Waals surface area contributed by atoms with Gasteiger partial charge in [0.15, 0.2) is 15.6 Å². The van der Waals surface area contributed by atoms with Crippen LogP contribution in [0.2, 0.25) is 0 Å². The molecule has 1 heterocycles. The van der Waals surface area contributed by atoms with E-state index in [0.29, 0.717) is 22.2 Å². The van der Waals surface area contributed by atoms with Crippen LogP contribution in [0.25, 0.3) is 0 Å². The number of hydrogen-bond donors (Lipinski definition) is 2. The number of ketones is 1. The lowest BCUT2D eigenvalue weighted by molar-refractivity contribution is 0.0992. The van der Waals surface area contributed by atoms with Crippen molar-refractivity contribution in [1.29, 1.82) is 0 Å². The zero-order valence-electron chi connectivity index (χ0n) is 12.5. The summed E-state index contributed by atoms with van der Waals surface area (Å²) in [6.07, 6.45) is 1.41. The second kappa shape index (κ2) is 6.13. The van der Waals surface area contributed by atoms with Crippen molar-refractivity contribution in [2.45, 2.75) is 45.1 Å². The number of nitrogens with one attached hydrogen (secondary N) is 1. The maximum atomic E-state index is 11.9. The van der Waals surface area contributed by atoms with Gasteiger partial charge in [0.1, 0.15) is 9.90 Å². The largest absolute Gasteiger partial charge is 0.396 e. The van der Waals surface area contributed by atoms with Crippen LogP contribution in [-0.4, -0.2) is 26.5 Å². The second-order valence-corrected chi connectivity index (χ2v) is 8.20. The van der Waals surface area contributed by atoms with Crippen LogP contribution >= 0.6 is 11.3 Å². The molecule has 0 amide bonds. The van der Waals surface area contributed by atoms with Gasteiger partial charge in [0.2, 0.25) is 0 Å². The predicted molar refractivity (Wildman–Crippen MR) is 84.4 cm³/mol. The predicted octanol–water partition coefficient (Wildman–Crippen LogP) is 2.78. The van der Waals surface area contributed by atoms with Gasteiger partial charge in [0.25, 0.3) is 0 Å². The monoisotopic (exact) mass is 318 g/mol. The molecular weight excluding hydrogens is 296 g/mol. The van der Waals surface area contributed by atoms with Gasteiger partial charge in [-0.15, -0.1) is 11.3 Å². The number of carbonyl (C=O) groups is 1. The van der Waals surface area contributed by atoms with Gasteiger partial charge in [-0.3, -0.25) is 4.79 Å². The maximum absolute atomic E-state index is 11.9. The molecule has 1 rings (SSSR count). The minimum absolute atomic E-state index is 0.0480. The molecule has 1 aromatic heterocycles. The number of thiophene rings is 1. The van der Waals surface area contributed by atoms with Gasteiger partial charge in [-0.2, -0.15) is 0 Å². The van der Waals surface area contributed by atoms with Crippen LogP contribution in [0.1, 0.15) is 43.8 Å². The Hall–Kier alpha value is -1.08. The molecule has 0 bridgehead atoms. The Labute approximate surface area is 124 Å². The van der Waals surface area contributed by atoms with Crippen molar-refractivity contribution in [3.63, 3.8) is 0 Å². The van der Waals surface area contributed by atoms with Crippen molar-refractivity contribution in [2.24, 2.45) is 5.92 Å². The van der Waals surface area contributed by atoms with Gasteiger partial charge in [0, 0.05) is 18.7 Å². The second-order valence-electron chi connectivity index (χ2n) is 5.23. The summed E-state index contributed by atoms with van der Waals surface area (Å²) >= 11 is 1.13. The van der Waals surface area contributed by atoms with E-state index in [1.54, 1.807) is 6.92 Å². The molecule has 114 valence electrons. The fourth-order valence-electron chi connectivity index (χ4n) is 1.63. The molecule has 5 nitrogen and oxygen atoms in total. The Bertz CT molecular complexity index is 603. The molecule has 0 saturated heterocycles. The number of sulfone groups is 1. The number of nitrogens with two attached hydrogens (primary N) is 1. The van der Waals surface area contributed by atoms with Gasteiger partial charge in [-0.05, 0) is 12.8 Å². The lowest BCUT2D eigenvalue weighted by atomic mass is 10.1. The topological polar surface area (TPSA) is 89.3 Å². The fourth-order valence-corrected chi connectivity index (χ4v) is 4.30. The van der Waals surface area contributed by atoms with Gasteiger partial charge >= 0.3 is 0 Å². The molecule has 1 atom stereocenters. The molecule has 0 fully saturated rings. The first-order valence-corrected chi connectivity index (χ1v) is 9.22. The molecule has 0 aliphatic carbocycles. The Morgan fingerprint density at radius 1 is 1.35 bits per heavy atom. The highest BCUT2D eigenvalue weighted by Crippen LogP contribution is 2.40. The lowest BCUT2D eigenvalue weighted by Crippen LogP contribution is -2.21. The van der Waals surface area contributed by atoms with Crippen LogP contribution in [0.15, 0.2) is 4.90 Å². The van der Waals surface area contributed by atoms with Crippen LogP contribution in [0.3, 0.4) is 0 Å². The standard InChI is InChI=1S/C13H22N2O3S2/c1-6-9(16)11-10(14)12(20(5,17)18)13(19-11)15-8(4)7(2)3/h7-8,15H,6,14H2,1-5H3. The van der Waals surface area contributed by atoms with Crippen LogP contribution in [0.5, 0.6) is 0 Å². The SMILES string of the molecule is CCC(=O)c1sc(NC(C)C(C)C)c(S(C)(=O)=O)c1N. The van der Waals surface area contributed by atoms with Crippen molar-refractivity contribution >= 4 is 37.6 Å². The van der Waals surface area contributed by atoms with Crippen LogP contribution < -0.4 is 11.1 Å². The third kappa shape index (κ3) is 3.52. The minimum atomic E-state index is -3.49. The van der Waals surface area contributed by atoms with E-state index >= 15 is 0 Å². The van der Waals surface area contributed by atoms with E-state index in [1.165, 1.54) is 0 Å². The first kappa shape index (κ1) is 17.0. The minimum Gasteiger partial charge on any atom is -0.396 e. The van der Waals surface area contributed by atoms with Crippen molar-refractivity contribution in [1.82, 2.24) is 0 Å². The third-order valence-electron chi connectivity index (χ3n) is 3.20. The van der Waals surface area contributed by atoms with Crippen molar-refractivity contribution < 1.29 is 13.2 Å². The molecule has 1 unspecified atom stereocenters.